The number of sulfone groups is 1. The van der Waals surface area contributed by atoms with Crippen LogP contribution in [0, 0.1) is 0 Å². The second-order valence-corrected chi connectivity index (χ2v) is 6.54. The summed E-state index contributed by atoms with van der Waals surface area (Å²) < 4.78 is 22.4. The number of anilines is 1. The average molecular weight is 285 g/mol. The molecule has 0 aromatic carbocycles. The highest BCUT2D eigenvalue weighted by Crippen LogP contribution is 2.11. The van der Waals surface area contributed by atoms with Crippen LogP contribution in [0.5, 0.6) is 0 Å². The van der Waals surface area contributed by atoms with Gasteiger partial charge in [0.15, 0.2) is 14.9 Å². The molecule has 1 aromatic heterocycles. The summed E-state index contributed by atoms with van der Waals surface area (Å²) in [6.45, 7) is 1.89. The Morgan fingerprint density at radius 3 is 2.63 bits per heavy atom. The van der Waals surface area contributed by atoms with E-state index in [-0.39, 0.29) is 17.0 Å². The van der Waals surface area contributed by atoms with Crippen molar-refractivity contribution in [2.45, 2.75) is 37.3 Å². The number of rotatable bonds is 6. The Morgan fingerprint density at radius 1 is 1.47 bits per heavy atom. The largest absolute Gasteiger partial charge is 0.328 e. The predicted molar refractivity (Wildman–Crippen MR) is 73.5 cm³/mol. The van der Waals surface area contributed by atoms with Crippen molar-refractivity contribution in [3.05, 3.63) is 18.3 Å². The monoisotopic (exact) mass is 285 g/mol. The molecule has 6 nitrogen and oxygen atoms in total. The molecule has 1 rings (SSSR count). The molecule has 0 aliphatic heterocycles. The van der Waals surface area contributed by atoms with E-state index in [0.29, 0.717) is 12.1 Å². The van der Waals surface area contributed by atoms with Crippen LogP contribution in [0.3, 0.4) is 0 Å². The first kappa shape index (κ1) is 15.6. The normalized spacial score (nSPS) is 13.0. The van der Waals surface area contributed by atoms with Crippen LogP contribution in [-0.2, 0) is 14.6 Å². The fourth-order valence-corrected chi connectivity index (χ4v) is 2.04. The minimum Gasteiger partial charge on any atom is -0.328 e. The number of aromatic nitrogens is 1. The maximum Gasteiger partial charge on any atom is 0.224 e. The van der Waals surface area contributed by atoms with Crippen molar-refractivity contribution < 1.29 is 13.2 Å². The van der Waals surface area contributed by atoms with E-state index in [1.54, 1.807) is 0 Å². The molecule has 0 radical (unpaired) electrons. The van der Waals surface area contributed by atoms with Gasteiger partial charge in [-0.25, -0.2) is 13.4 Å². The number of nitrogens with two attached hydrogens (primary N) is 1. The number of amides is 1. The highest BCUT2D eigenvalue weighted by Gasteiger charge is 2.09. The van der Waals surface area contributed by atoms with Crippen molar-refractivity contribution in [1.29, 1.82) is 0 Å². The zero-order valence-electron chi connectivity index (χ0n) is 11.1. The molecule has 19 heavy (non-hydrogen) atoms. The first-order valence-electron chi connectivity index (χ1n) is 6.00. The van der Waals surface area contributed by atoms with Crippen LogP contribution in [0.4, 0.5) is 5.69 Å². The zero-order chi connectivity index (χ0) is 14.5. The summed E-state index contributed by atoms with van der Waals surface area (Å²) in [5.41, 5.74) is 6.07. The molecular weight excluding hydrogens is 266 g/mol. The number of hydrogen-bond donors (Lipinski definition) is 2. The first-order chi connectivity index (χ1) is 8.79. The van der Waals surface area contributed by atoms with Crippen LogP contribution < -0.4 is 11.1 Å². The SMILES string of the molecule is CC(N)CCCC(=O)Nc1ccc(S(C)(=O)=O)nc1. The lowest BCUT2D eigenvalue weighted by atomic mass is 10.1. The molecule has 1 atom stereocenters. The number of hydrogen-bond acceptors (Lipinski definition) is 5. The van der Waals surface area contributed by atoms with Crippen LogP contribution in [0.15, 0.2) is 23.4 Å². The Morgan fingerprint density at radius 2 is 2.16 bits per heavy atom. The Kier molecular flexibility index (Phi) is 5.44. The van der Waals surface area contributed by atoms with E-state index < -0.39 is 9.84 Å². The molecule has 1 heterocycles. The van der Waals surface area contributed by atoms with Gasteiger partial charge in [0.1, 0.15) is 0 Å². The molecule has 3 N–H and O–H groups in total. The van der Waals surface area contributed by atoms with Crippen molar-refractivity contribution in [2.75, 3.05) is 11.6 Å². The fraction of sp³-hybridized carbons (Fsp3) is 0.500. The van der Waals surface area contributed by atoms with E-state index in [1.807, 2.05) is 6.92 Å². The molecule has 1 unspecified atom stereocenters. The number of pyridine rings is 1. The van der Waals surface area contributed by atoms with E-state index in [9.17, 15) is 13.2 Å². The molecule has 0 aliphatic carbocycles. The molecular formula is C12H19N3O3S. The summed E-state index contributed by atoms with van der Waals surface area (Å²) >= 11 is 0. The second-order valence-electron chi connectivity index (χ2n) is 4.57. The summed E-state index contributed by atoms with van der Waals surface area (Å²) in [5.74, 6) is -0.130. The number of carbonyl (C=O) groups is 1. The lowest BCUT2D eigenvalue weighted by Crippen LogP contribution is -2.17. The summed E-state index contributed by atoms with van der Waals surface area (Å²) in [7, 11) is -3.31. The minimum absolute atomic E-state index is 0.0116. The van der Waals surface area contributed by atoms with Gasteiger partial charge in [-0.05, 0) is 31.9 Å². The summed E-state index contributed by atoms with van der Waals surface area (Å²) in [5, 5.41) is 2.65. The molecule has 1 aromatic rings. The van der Waals surface area contributed by atoms with Gasteiger partial charge >= 0.3 is 0 Å². The van der Waals surface area contributed by atoms with Gasteiger partial charge in [-0.2, -0.15) is 0 Å². The van der Waals surface area contributed by atoms with E-state index >= 15 is 0 Å². The van der Waals surface area contributed by atoms with E-state index in [4.69, 9.17) is 5.73 Å². The van der Waals surface area contributed by atoms with E-state index in [1.165, 1.54) is 18.3 Å². The molecule has 7 heteroatoms. The van der Waals surface area contributed by atoms with Crippen LogP contribution in [-0.4, -0.2) is 31.6 Å². The van der Waals surface area contributed by atoms with Gasteiger partial charge in [0, 0.05) is 18.7 Å². The molecule has 0 bridgehead atoms. The van der Waals surface area contributed by atoms with Crippen LogP contribution in [0.1, 0.15) is 26.2 Å². The number of nitrogens with zero attached hydrogens (tertiary/aromatic N) is 1. The maximum absolute atomic E-state index is 11.6. The van der Waals surface area contributed by atoms with Crippen LogP contribution in [0.25, 0.3) is 0 Å². The van der Waals surface area contributed by atoms with Gasteiger partial charge < -0.3 is 11.1 Å². The lowest BCUT2D eigenvalue weighted by molar-refractivity contribution is -0.116. The molecule has 0 aliphatic rings. The highest BCUT2D eigenvalue weighted by atomic mass is 32.2. The third-order valence-electron chi connectivity index (χ3n) is 2.46. The van der Waals surface area contributed by atoms with Crippen molar-refractivity contribution in [1.82, 2.24) is 4.98 Å². The number of nitrogens with one attached hydrogen (secondary N) is 1. The van der Waals surface area contributed by atoms with Gasteiger partial charge in [0.25, 0.3) is 0 Å². The van der Waals surface area contributed by atoms with Gasteiger partial charge in [-0.3, -0.25) is 4.79 Å². The molecule has 0 saturated heterocycles. The van der Waals surface area contributed by atoms with Crippen LogP contribution >= 0.6 is 0 Å². The smallest absolute Gasteiger partial charge is 0.224 e. The van der Waals surface area contributed by atoms with E-state index in [0.717, 1.165) is 19.1 Å². The standard InChI is InChI=1S/C12H19N3O3S/c1-9(13)4-3-5-11(16)15-10-6-7-12(14-8-10)19(2,17)18/h6-9H,3-5,13H2,1-2H3,(H,15,16). The van der Waals surface area contributed by atoms with Gasteiger partial charge in [-0.1, -0.05) is 0 Å². The van der Waals surface area contributed by atoms with Gasteiger partial charge in [0.2, 0.25) is 5.91 Å². The minimum atomic E-state index is -3.31. The zero-order valence-corrected chi connectivity index (χ0v) is 11.9. The van der Waals surface area contributed by atoms with Crippen molar-refractivity contribution in [3.8, 4) is 0 Å². The Bertz CT molecular complexity index is 524. The predicted octanol–water partition coefficient (Wildman–Crippen LogP) is 0.941. The fourth-order valence-electron chi connectivity index (χ4n) is 1.48. The van der Waals surface area contributed by atoms with Crippen molar-refractivity contribution in [3.63, 3.8) is 0 Å². The quantitative estimate of drug-likeness (QED) is 0.810. The molecule has 0 saturated carbocycles. The average Bonchev–Trinajstić information content (AvgIpc) is 2.27. The topological polar surface area (TPSA) is 102 Å². The van der Waals surface area contributed by atoms with Gasteiger partial charge in [0.05, 0.1) is 11.9 Å². The molecule has 0 spiro atoms. The third-order valence-corrected chi connectivity index (χ3v) is 3.46. The summed E-state index contributed by atoms with van der Waals surface area (Å²) in [4.78, 5) is 15.4. The Labute approximate surface area is 113 Å². The molecule has 106 valence electrons. The molecule has 0 fully saturated rings. The molecule has 1 amide bonds. The van der Waals surface area contributed by atoms with Gasteiger partial charge in [-0.15, -0.1) is 0 Å². The van der Waals surface area contributed by atoms with Crippen molar-refractivity contribution >= 4 is 21.4 Å². The third kappa shape index (κ3) is 5.80. The highest BCUT2D eigenvalue weighted by molar-refractivity contribution is 7.90. The maximum atomic E-state index is 11.6. The van der Waals surface area contributed by atoms with Crippen LogP contribution in [0.2, 0.25) is 0 Å². The second kappa shape index (κ2) is 6.63. The summed E-state index contributed by atoms with van der Waals surface area (Å²) in [6, 6.07) is 2.98. The van der Waals surface area contributed by atoms with E-state index in [2.05, 4.69) is 10.3 Å². The van der Waals surface area contributed by atoms with Crippen molar-refractivity contribution in [2.24, 2.45) is 5.73 Å². The Balaban J connectivity index is 2.52. The Hall–Kier alpha value is -1.47. The lowest BCUT2D eigenvalue weighted by Gasteiger charge is -2.06. The number of carbonyl (C=O) groups excluding carboxylic acids is 1. The summed E-state index contributed by atoms with van der Waals surface area (Å²) in [6.07, 6.45) is 4.31. The first-order valence-corrected chi connectivity index (χ1v) is 7.89.